The van der Waals surface area contributed by atoms with Gasteiger partial charge in [-0.1, -0.05) is 36.4 Å². The molecular weight excluding hydrogens is 214 g/mol. The zero-order valence-electron chi connectivity index (χ0n) is 9.15. The number of hydrogen-bond donors (Lipinski definition) is 1. The van der Waals surface area contributed by atoms with Crippen molar-refractivity contribution in [1.29, 1.82) is 0 Å². The summed E-state index contributed by atoms with van der Waals surface area (Å²) in [6.07, 6.45) is 0. The summed E-state index contributed by atoms with van der Waals surface area (Å²) in [5.74, 6) is 2.43. The van der Waals surface area contributed by atoms with Crippen molar-refractivity contribution in [3.05, 3.63) is 48.0 Å². The number of hydrogen-bond acceptors (Lipinski definition) is 2. The lowest BCUT2D eigenvalue weighted by Crippen LogP contribution is -2.30. The van der Waals surface area contributed by atoms with Gasteiger partial charge in [-0.05, 0) is 22.4 Å². The van der Waals surface area contributed by atoms with E-state index in [4.69, 9.17) is 0 Å². The fraction of sp³-hybridized carbons (Fsp3) is 0.286. The quantitative estimate of drug-likeness (QED) is 0.806. The molecule has 1 saturated heterocycles. The normalized spacial score (nSPS) is 21.1. The number of thioether (sulfide) groups is 1. The van der Waals surface area contributed by atoms with Crippen LogP contribution >= 0.6 is 11.8 Å². The van der Waals surface area contributed by atoms with Gasteiger partial charge in [-0.25, -0.2) is 0 Å². The summed E-state index contributed by atoms with van der Waals surface area (Å²) in [4.78, 5) is 0. The van der Waals surface area contributed by atoms with Crippen LogP contribution in [0.1, 0.15) is 11.6 Å². The molecular formula is C14H15NS. The van der Waals surface area contributed by atoms with Crippen molar-refractivity contribution >= 4 is 22.5 Å². The van der Waals surface area contributed by atoms with Crippen LogP contribution in [0, 0.1) is 0 Å². The fourth-order valence-electron chi connectivity index (χ4n) is 2.20. The summed E-state index contributed by atoms with van der Waals surface area (Å²) in [6, 6.07) is 15.9. The van der Waals surface area contributed by atoms with E-state index in [1.165, 1.54) is 27.8 Å². The second-order valence-corrected chi connectivity index (χ2v) is 5.34. The first-order chi connectivity index (χ1) is 7.93. The van der Waals surface area contributed by atoms with Gasteiger partial charge in [0.25, 0.3) is 0 Å². The van der Waals surface area contributed by atoms with Crippen molar-refractivity contribution in [3.8, 4) is 0 Å². The van der Waals surface area contributed by atoms with Crippen molar-refractivity contribution in [2.45, 2.75) is 6.04 Å². The summed E-state index contributed by atoms with van der Waals surface area (Å²) in [5.41, 5.74) is 1.42. The lowest BCUT2D eigenvalue weighted by molar-refractivity contribution is 0.595. The van der Waals surface area contributed by atoms with Crippen LogP contribution in [0.3, 0.4) is 0 Å². The molecule has 1 heterocycles. The van der Waals surface area contributed by atoms with Crippen molar-refractivity contribution < 1.29 is 0 Å². The van der Waals surface area contributed by atoms with Gasteiger partial charge < -0.3 is 5.32 Å². The first-order valence-corrected chi connectivity index (χ1v) is 6.89. The topological polar surface area (TPSA) is 12.0 Å². The molecule has 1 fully saturated rings. The Bertz CT molecular complexity index is 489. The molecule has 1 aliphatic heterocycles. The number of benzene rings is 2. The first kappa shape index (κ1) is 10.2. The molecule has 82 valence electrons. The third-order valence-corrected chi connectivity index (χ3v) is 4.16. The molecule has 0 aliphatic carbocycles. The van der Waals surface area contributed by atoms with Crippen LogP contribution in [0.4, 0.5) is 0 Å². The summed E-state index contributed by atoms with van der Waals surface area (Å²) in [7, 11) is 0. The van der Waals surface area contributed by atoms with Crippen molar-refractivity contribution in [1.82, 2.24) is 5.32 Å². The van der Waals surface area contributed by atoms with E-state index in [-0.39, 0.29) is 0 Å². The third-order valence-electron chi connectivity index (χ3n) is 3.10. The van der Waals surface area contributed by atoms with Gasteiger partial charge in [0, 0.05) is 24.1 Å². The number of fused-ring (bicyclic) bond motifs is 1. The Balaban J connectivity index is 1.97. The minimum absolute atomic E-state index is 0.531. The van der Waals surface area contributed by atoms with Crippen LogP contribution in [0.25, 0.3) is 10.8 Å². The minimum Gasteiger partial charge on any atom is -0.308 e. The molecule has 1 nitrogen and oxygen atoms in total. The van der Waals surface area contributed by atoms with Gasteiger partial charge in [0.2, 0.25) is 0 Å². The summed E-state index contributed by atoms with van der Waals surface area (Å²) in [5, 5.41) is 6.25. The van der Waals surface area contributed by atoms with Crippen LogP contribution in [0.5, 0.6) is 0 Å². The highest BCUT2D eigenvalue weighted by molar-refractivity contribution is 7.99. The highest BCUT2D eigenvalue weighted by Gasteiger charge is 2.14. The summed E-state index contributed by atoms with van der Waals surface area (Å²) >= 11 is 2.04. The average molecular weight is 229 g/mol. The molecule has 2 aromatic carbocycles. The predicted octanol–water partition coefficient (Wildman–Crippen LogP) is 3.22. The molecule has 0 radical (unpaired) electrons. The highest BCUT2D eigenvalue weighted by atomic mass is 32.2. The molecule has 0 unspecified atom stereocenters. The monoisotopic (exact) mass is 229 g/mol. The second-order valence-electron chi connectivity index (χ2n) is 4.19. The average Bonchev–Trinajstić information content (AvgIpc) is 2.39. The number of rotatable bonds is 1. The summed E-state index contributed by atoms with van der Waals surface area (Å²) < 4.78 is 0. The van der Waals surface area contributed by atoms with Crippen LogP contribution in [0.15, 0.2) is 42.5 Å². The van der Waals surface area contributed by atoms with Crippen molar-refractivity contribution in [3.63, 3.8) is 0 Å². The zero-order chi connectivity index (χ0) is 10.8. The van der Waals surface area contributed by atoms with Gasteiger partial charge in [-0.15, -0.1) is 0 Å². The van der Waals surface area contributed by atoms with Gasteiger partial charge in [-0.3, -0.25) is 0 Å². The lowest BCUT2D eigenvalue weighted by atomic mass is 10.0. The van der Waals surface area contributed by atoms with Crippen LogP contribution < -0.4 is 5.32 Å². The highest BCUT2D eigenvalue weighted by Crippen LogP contribution is 2.25. The van der Waals surface area contributed by atoms with E-state index in [1.54, 1.807) is 0 Å². The zero-order valence-corrected chi connectivity index (χ0v) is 9.96. The molecule has 0 aromatic heterocycles. The van der Waals surface area contributed by atoms with Crippen molar-refractivity contribution in [2.24, 2.45) is 0 Å². The maximum Gasteiger partial charge on any atom is 0.0412 e. The molecule has 2 heteroatoms. The van der Waals surface area contributed by atoms with Crippen LogP contribution in [-0.2, 0) is 0 Å². The molecule has 0 amide bonds. The molecule has 0 saturated carbocycles. The van der Waals surface area contributed by atoms with E-state index < -0.39 is 0 Å². The van der Waals surface area contributed by atoms with Crippen LogP contribution in [0.2, 0.25) is 0 Å². The van der Waals surface area contributed by atoms with Gasteiger partial charge in [0.05, 0.1) is 0 Å². The fourth-order valence-corrected chi connectivity index (χ4v) is 3.18. The molecule has 16 heavy (non-hydrogen) atoms. The first-order valence-electron chi connectivity index (χ1n) is 5.73. The maximum atomic E-state index is 3.58. The molecule has 3 rings (SSSR count). The Morgan fingerprint density at radius 3 is 2.75 bits per heavy atom. The van der Waals surface area contributed by atoms with Gasteiger partial charge in [-0.2, -0.15) is 11.8 Å². The SMILES string of the molecule is c1ccc2cc([C@@H]3CSCCN3)ccc2c1. The Hall–Kier alpha value is -0.990. The van der Waals surface area contributed by atoms with E-state index >= 15 is 0 Å². The lowest BCUT2D eigenvalue weighted by Gasteiger charge is -2.23. The Kier molecular flexibility index (Phi) is 2.85. The van der Waals surface area contributed by atoms with Crippen LogP contribution in [-0.4, -0.2) is 18.1 Å². The van der Waals surface area contributed by atoms with Gasteiger partial charge in [0.1, 0.15) is 0 Å². The largest absolute Gasteiger partial charge is 0.308 e. The minimum atomic E-state index is 0.531. The molecule has 1 N–H and O–H groups in total. The molecule has 0 bridgehead atoms. The van der Waals surface area contributed by atoms with E-state index in [0.717, 1.165) is 6.54 Å². The van der Waals surface area contributed by atoms with E-state index in [2.05, 4.69) is 47.8 Å². The second kappa shape index (κ2) is 4.48. The Labute approximate surface area is 100 Å². The van der Waals surface area contributed by atoms with Crippen molar-refractivity contribution in [2.75, 3.05) is 18.1 Å². The third kappa shape index (κ3) is 1.95. The Morgan fingerprint density at radius 2 is 1.94 bits per heavy atom. The molecule has 1 aliphatic rings. The van der Waals surface area contributed by atoms with Gasteiger partial charge >= 0.3 is 0 Å². The van der Waals surface area contributed by atoms with E-state index in [9.17, 15) is 0 Å². The van der Waals surface area contributed by atoms with E-state index in [0.29, 0.717) is 6.04 Å². The maximum absolute atomic E-state index is 3.58. The Morgan fingerprint density at radius 1 is 1.06 bits per heavy atom. The molecule has 1 atom stereocenters. The standard InChI is InChI=1S/C14H15NS/c1-2-4-12-9-13(6-5-11(12)3-1)14-10-16-8-7-15-14/h1-6,9,14-15H,7-8,10H2/t14-/m0/s1. The number of nitrogens with one attached hydrogen (secondary N) is 1. The molecule has 0 spiro atoms. The smallest absolute Gasteiger partial charge is 0.0412 e. The molecule has 2 aromatic rings. The summed E-state index contributed by atoms with van der Waals surface area (Å²) in [6.45, 7) is 1.13. The van der Waals surface area contributed by atoms with Gasteiger partial charge in [0.15, 0.2) is 0 Å². The predicted molar refractivity (Wildman–Crippen MR) is 72.0 cm³/mol. The van der Waals surface area contributed by atoms with E-state index in [1.807, 2.05) is 11.8 Å².